The Morgan fingerprint density at radius 2 is 1.91 bits per heavy atom. The van der Waals surface area contributed by atoms with Gasteiger partial charge in [0.1, 0.15) is 11.3 Å². The van der Waals surface area contributed by atoms with Crippen molar-refractivity contribution in [2.75, 3.05) is 52.2 Å². The Kier molecular flexibility index (Phi) is 6.13. The molecule has 0 aromatic carbocycles. The summed E-state index contributed by atoms with van der Waals surface area (Å²) in [6.07, 6.45) is 9.73. The number of allylic oxidation sites excluding steroid dienone is 4. The molecule has 4 aromatic heterocycles. The number of rotatable bonds is 6. The highest BCUT2D eigenvalue weighted by molar-refractivity contribution is 5.99. The SMILES string of the molecule is C=C/C(=C\C(=C/C)c1cc2c(-c3cc4c(N5CCN(C)CC5)ccnc4[nH]3)n[nH]c2cn1)N(C)C. The summed E-state index contributed by atoms with van der Waals surface area (Å²) in [5.74, 6) is 0. The molecule has 4 aromatic rings. The third kappa shape index (κ3) is 4.33. The molecule has 1 saturated heterocycles. The predicted molar refractivity (Wildman–Crippen MR) is 144 cm³/mol. The molecule has 8 nitrogen and oxygen atoms in total. The Morgan fingerprint density at radius 3 is 2.63 bits per heavy atom. The van der Waals surface area contributed by atoms with Gasteiger partial charge in [0.05, 0.1) is 23.1 Å². The molecule has 0 radical (unpaired) electrons. The lowest BCUT2D eigenvalue weighted by Gasteiger charge is -2.34. The lowest BCUT2D eigenvalue weighted by atomic mass is 10.1. The average Bonchev–Trinajstić information content (AvgIpc) is 3.48. The summed E-state index contributed by atoms with van der Waals surface area (Å²) in [5, 5.41) is 9.92. The van der Waals surface area contributed by atoms with Gasteiger partial charge in [-0.05, 0) is 49.9 Å². The first kappa shape index (κ1) is 22.9. The summed E-state index contributed by atoms with van der Waals surface area (Å²) in [7, 11) is 6.19. The second-order valence-electron chi connectivity index (χ2n) is 9.16. The average molecular weight is 469 g/mol. The van der Waals surface area contributed by atoms with Gasteiger partial charge in [-0.2, -0.15) is 5.10 Å². The molecule has 0 amide bonds. The zero-order valence-corrected chi connectivity index (χ0v) is 20.8. The van der Waals surface area contributed by atoms with E-state index in [1.165, 1.54) is 5.69 Å². The van der Waals surface area contributed by atoms with Gasteiger partial charge < -0.3 is 19.7 Å². The van der Waals surface area contributed by atoms with Gasteiger partial charge in [0.2, 0.25) is 0 Å². The molecule has 2 N–H and O–H groups in total. The minimum Gasteiger partial charge on any atom is -0.378 e. The van der Waals surface area contributed by atoms with E-state index < -0.39 is 0 Å². The lowest BCUT2D eigenvalue weighted by Crippen LogP contribution is -2.44. The first-order valence-corrected chi connectivity index (χ1v) is 11.9. The molecule has 1 aliphatic rings. The minimum absolute atomic E-state index is 0.863. The van der Waals surface area contributed by atoms with Crippen molar-refractivity contribution < 1.29 is 0 Å². The summed E-state index contributed by atoms with van der Waals surface area (Å²) in [6.45, 7) is 10.1. The van der Waals surface area contributed by atoms with E-state index in [9.17, 15) is 0 Å². The van der Waals surface area contributed by atoms with Crippen LogP contribution in [0.1, 0.15) is 12.6 Å². The molecule has 1 aliphatic heterocycles. The van der Waals surface area contributed by atoms with E-state index >= 15 is 0 Å². The molecule has 0 unspecified atom stereocenters. The zero-order valence-electron chi connectivity index (χ0n) is 20.8. The fraction of sp³-hybridized carbons (Fsp3) is 0.296. The largest absolute Gasteiger partial charge is 0.378 e. The van der Waals surface area contributed by atoms with Gasteiger partial charge in [0.25, 0.3) is 0 Å². The van der Waals surface area contributed by atoms with Crippen LogP contribution in [0.5, 0.6) is 0 Å². The Bertz CT molecular complexity index is 1430. The number of H-pyrrole nitrogens is 2. The van der Waals surface area contributed by atoms with E-state index in [0.29, 0.717) is 0 Å². The molecule has 0 saturated carbocycles. The highest BCUT2D eigenvalue weighted by Crippen LogP contribution is 2.33. The van der Waals surface area contributed by atoms with Crippen LogP contribution in [0.15, 0.2) is 61.1 Å². The molecule has 35 heavy (non-hydrogen) atoms. The van der Waals surface area contributed by atoms with Crippen LogP contribution in [0.2, 0.25) is 0 Å². The number of nitrogens with one attached hydrogen (secondary N) is 2. The number of nitrogens with zero attached hydrogens (tertiary/aromatic N) is 6. The van der Waals surface area contributed by atoms with Gasteiger partial charge in [-0.15, -0.1) is 0 Å². The van der Waals surface area contributed by atoms with Crippen molar-refractivity contribution in [2.45, 2.75) is 6.92 Å². The monoisotopic (exact) mass is 468 g/mol. The van der Waals surface area contributed by atoms with Crippen molar-refractivity contribution in [1.82, 2.24) is 34.9 Å². The number of hydrogen-bond donors (Lipinski definition) is 2. The van der Waals surface area contributed by atoms with Gasteiger partial charge >= 0.3 is 0 Å². The molecule has 8 heteroatoms. The topological polar surface area (TPSA) is 80.0 Å². The number of hydrogen-bond acceptors (Lipinski definition) is 6. The number of piperazine rings is 1. The maximum atomic E-state index is 4.69. The first-order chi connectivity index (χ1) is 17.0. The van der Waals surface area contributed by atoms with Crippen molar-refractivity contribution in [3.05, 3.63) is 66.8 Å². The van der Waals surface area contributed by atoms with E-state index in [4.69, 9.17) is 0 Å². The standard InChI is InChI=1S/C27H32N8/c1-6-18(14-19(7-2)33(3)4)22-15-20-24(17-29-22)31-32-26(20)23-16-21-25(8-9-28-27(21)30-23)35-12-10-34(5)11-13-35/h6-9,14-17H,2,10-13H2,1,3-5H3,(H,28,30)(H,31,32)/b18-6+,19-14+. The van der Waals surface area contributed by atoms with Crippen LogP contribution in [0.25, 0.3) is 38.9 Å². The highest BCUT2D eigenvalue weighted by atomic mass is 15.2. The van der Waals surface area contributed by atoms with Crippen LogP contribution in [-0.4, -0.2) is 82.3 Å². The number of pyridine rings is 2. The van der Waals surface area contributed by atoms with Crippen LogP contribution in [0, 0.1) is 0 Å². The fourth-order valence-corrected chi connectivity index (χ4v) is 4.58. The molecular weight excluding hydrogens is 436 g/mol. The van der Waals surface area contributed by atoms with Gasteiger partial charge in [0.15, 0.2) is 0 Å². The summed E-state index contributed by atoms with van der Waals surface area (Å²) in [6, 6.07) is 6.38. The predicted octanol–water partition coefficient (Wildman–Crippen LogP) is 4.29. The summed E-state index contributed by atoms with van der Waals surface area (Å²) >= 11 is 0. The third-order valence-electron chi connectivity index (χ3n) is 6.69. The lowest BCUT2D eigenvalue weighted by molar-refractivity contribution is 0.313. The van der Waals surface area contributed by atoms with E-state index in [-0.39, 0.29) is 0 Å². The molecule has 5 rings (SSSR count). The van der Waals surface area contributed by atoms with E-state index in [1.54, 1.807) is 0 Å². The highest BCUT2D eigenvalue weighted by Gasteiger charge is 2.19. The Labute approximate surface area is 205 Å². The van der Waals surface area contributed by atoms with Crippen molar-refractivity contribution in [3.8, 4) is 11.4 Å². The second-order valence-corrected chi connectivity index (χ2v) is 9.16. The molecule has 0 atom stereocenters. The number of fused-ring (bicyclic) bond motifs is 2. The van der Waals surface area contributed by atoms with Crippen molar-refractivity contribution >= 4 is 33.2 Å². The van der Waals surface area contributed by atoms with E-state index in [0.717, 1.165) is 76.5 Å². The van der Waals surface area contributed by atoms with Gasteiger partial charge in [-0.3, -0.25) is 10.1 Å². The second kappa shape index (κ2) is 9.38. The third-order valence-corrected chi connectivity index (χ3v) is 6.69. The molecule has 0 bridgehead atoms. The van der Waals surface area contributed by atoms with Crippen LogP contribution in [0.3, 0.4) is 0 Å². The van der Waals surface area contributed by atoms with Gasteiger partial charge in [-0.1, -0.05) is 12.7 Å². The maximum Gasteiger partial charge on any atom is 0.139 e. The number of aromatic nitrogens is 5. The van der Waals surface area contributed by atoms with Crippen LogP contribution in [-0.2, 0) is 0 Å². The first-order valence-electron chi connectivity index (χ1n) is 11.9. The Balaban J connectivity index is 1.56. The zero-order chi connectivity index (χ0) is 24.5. The van der Waals surface area contributed by atoms with Crippen LogP contribution >= 0.6 is 0 Å². The number of anilines is 1. The molecule has 0 aliphatic carbocycles. The fourth-order valence-electron chi connectivity index (χ4n) is 4.58. The summed E-state index contributed by atoms with van der Waals surface area (Å²) in [4.78, 5) is 19.6. The minimum atomic E-state index is 0.863. The van der Waals surface area contributed by atoms with Crippen molar-refractivity contribution in [3.63, 3.8) is 0 Å². The van der Waals surface area contributed by atoms with E-state index in [1.807, 2.05) is 44.4 Å². The molecule has 1 fully saturated rings. The van der Waals surface area contributed by atoms with Gasteiger partial charge in [-0.25, -0.2) is 4.98 Å². The Morgan fingerprint density at radius 1 is 1.11 bits per heavy atom. The smallest absolute Gasteiger partial charge is 0.139 e. The normalized spacial score (nSPS) is 15.8. The molecular formula is C27H32N8. The Hall–Kier alpha value is -3.91. The summed E-state index contributed by atoms with van der Waals surface area (Å²) in [5.41, 5.74) is 7.72. The maximum absolute atomic E-state index is 4.69. The van der Waals surface area contributed by atoms with E-state index in [2.05, 4.69) is 78.9 Å². The van der Waals surface area contributed by atoms with Crippen LogP contribution in [0.4, 0.5) is 5.69 Å². The van der Waals surface area contributed by atoms with Crippen molar-refractivity contribution in [2.24, 2.45) is 0 Å². The molecule has 180 valence electrons. The van der Waals surface area contributed by atoms with Crippen LogP contribution < -0.4 is 4.90 Å². The van der Waals surface area contributed by atoms with Crippen molar-refractivity contribution in [1.29, 1.82) is 0 Å². The molecule has 0 spiro atoms. The molecule has 5 heterocycles. The number of aromatic amines is 2. The van der Waals surface area contributed by atoms with Gasteiger partial charge in [0, 0.05) is 68.6 Å². The number of likely N-dealkylation sites (N-methyl/N-ethyl adjacent to an activating group) is 2. The quantitative estimate of drug-likeness (QED) is 0.411. The summed E-state index contributed by atoms with van der Waals surface area (Å²) < 4.78 is 0.